The number of nitrogens with zero attached hydrogens (tertiary/aromatic N) is 3. The highest BCUT2D eigenvalue weighted by Gasteiger charge is 2.22. The van der Waals surface area contributed by atoms with E-state index in [0.29, 0.717) is 0 Å². The van der Waals surface area contributed by atoms with Gasteiger partial charge < -0.3 is 0 Å². The smallest absolute Gasteiger partial charge is 0.164 e. The molecule has 3 heteroatoms. The molecule has 0 radical (unpaired) electrons. The topological polar surface area (TPSA) is 30.2 Å². The van der Waals surface area contributed by atoms with Gasteiger partial charge in [-0.05, 0) is 41.0 Å². The largest absolute Gasteiger partial charge is 0.291 e. The summed E-state index contributed by atoms with van der Waals surface area (Å²) in [6, 6.07) is 36.5. The van der Waals surface area contributed by atoms with Crippen LogP contribution in [0.4, 0.5) is 0 Å². The molecule has 180 valence electrons. The lowest BCUT2D eigenvalue weighted by Crippen LogP contribution is -2.02. The highest BCUT2D eigenvalue weighted by atomic mass is 15.0. The number of pyridine rings is 1. The van der Waals surface area contributed by atoms with E-state index in [0.717, 1.165) is 44.7 Å². The first-order chi connectivity index (χ1) is 18.7. The molecular weight excluding hydrogens is 462 g/mol. The van der Waals surface area contributed by atoms with Crippen LogP contribution < -0.4 is 0 Å². The zero-order chi connectivity index (χ0) is 25.6. The van der Waals surface area contributed by atoms with Crippen LogP contribution in [0.15, 0.2) is 122 Å². The van der Waals surface area contributed by atoms with Gasteiger partial charge >= 0.3 is 0 Å². The molecule has 0 saturated heterocycles. The molecule has 0 fully saturated rings. The van der Waals surface area contributed by atoms with Crippen LogP contribution in [-0.4, -0.2) is 14.4 Å². The van der Waals surface area contributed by atoms with Crippen LogP contribution in [0.2, 0.25) is 0 Å². The van der Waals surface area contributed by atoms with E-state index >= 15 is 0 Å². The van der Waals surface area contributed by atoms with Crippen molar-refractivity contribution in [2.75, 3.05) is 0 Å². The molecular formula is C35H25N3. The van der Waals surface area contributed by atoms with Crippen molar-refractivity contribution in [1.29, 1.82) is 0 Å². The van der Waals surface area contributed by atoms with Crippen molar-refractivity contribution in [1.82, 2.24) is 14.4 Å². The second kappa shape index (κ2) is 8.82. The molecule has 0 spiro atoms. The zero-order valence-corrected chi connectivity index (χ0v) is 21.1. The fourth-order valence-electron chi connectivity index (χ4n) is 5.53. The Morgan fingerprint density at radius 2 is 1.45 bits per heavy atom. The Morgan fingerprint density at radius 1 is 0.737 bits per heavy atom. The lowest BCUT2D eigenvalue weighted by atomic mass is 9.98. The Kier molecular flexibility index (Phi) is 5.15. The number of benzene rings is 4. The molecule has 0 aliphatic rings. The average Bonchev–Trinajstić information content (AvgIpc) is 3.38. The van der Waals surface area contributed by atoms with E-state index in [2.05, 4.69) is 114 Å². The molecule has 3 heterocycles. The van der Waals surface area contributed by atoms with Crippen LogP contribution >= 0.6 is 0 Å². The molecule has 0 aliphatic carbocycles. The van der Waals surface area contributed by atoms with E-state index in [9.17, 15) is 0 Å². The van der Waals surface area contributed by atoms with Gasteiger partial charge in [0.25, 0.3) is 0 Å². The Labute approximate surface area is 221 Å². The molecule has 0 bridgehead atoms. The summed E-state index contributed by atoms with van der Waals surface area (Å²) in [6.07, 6.45) is 5.66. The molecule has 0 amide bonds. The van der Waals surface area contributed by atoms with E-state index in [-0.39, 0.29) is 0 Å². The van der Waals surface area contributed by atoms with Gasteiger partial charge in [0.2, 0.25) is 0 Å². The molecule has 38 heavy (non-hydrogen) atoms. The van der Waals surface area contributed by atoms with Crippen LogP contribution in [-0.2, 0) is 0 Å². The Morgan fingerprint density at radius 3 is 2.21 bits per heavy atom. The number of rotatable bonds is 4. The van der Waals surface area contributed by atoms with Gasteiger partial charge in [-0.15, -0.1) is 0 Å². The fraction of sp³-hybridized carbons (Fsp3) is 0.0286. The van der Waals surface area contributed by atoms with Crippen molar-refractivity contribution in [3.8, 4) is 22.4 Å². The van der Waals surface area contributed by atoms with E-state index in [1.54, 1.807) is 6.08 Å². The number of hydrogen-bond donors (Lipinski definition) is 0. The molecule has 0 atom stereocenters. The van der Waals surface area contributed by atoms with Crippen LogP contribution in [0.1, 0.15) is 11.4 Å². The molecule has 3 aromatic heterocycles. The summed E-state index contributed by atoms with van der Waals surface area (Å²) in [5.41, 5.74) is 9.23. The van der Waals surface area contributed by atoms with Gasteiger partial charge in [-0.25, -0.2) is 9.97 Å². The maximum atomic E-state index is 5.20. The highest BCUT2D eigenvalue weighted by molar-refractivity contribution is 6.24. The molecule has 4 aromatic carbocycles. The quantitative estimate of drug-likeness (QED) is 0.183. The Hall–Kier alpha value is -5.02. The number of aryl methyl sites for hydroxylation is 1. The molecule has 0 saturated carbocycles. The van der Waals surface area contributed by atoms with E-state index in [1.807, 2.05) is 19.1 Å². The molecule has 3 nitrogen and oxygen atoms in total. The second-order valence-corrected chi connectivity index (χ2v) is 9.53. The summed E-state index contributed by atoms with van der Waals surface area (Å²) in [7, 11) is 0. The molecule has 0 unspecified atom stereocenters. The summed E-state index contributed by atoms with van der Waals surface area (Å²) < 4.78 is 2.32. The Balaban J connectivity index is 1.79. The first kappa shape index (κ1) is 22.2. The third-order valence-corrected chi connectivity index (χ3v) is 7.27. The van der Waals surface area contributed by atoms with Gasteiger partial charge in [0, 0.05) is 16.3 Å². The normalized spacial score (nSPS) is 11.8. The van der Waals surface area contributed by atoms with Gasteiger partial charge in [-0.2, -0.15) is 0 Å². The third kappa shape index (κ3) is 3.36. The summed E-state index contributed by atoms with van der Waals surface area (Å²) in [5, 5.41) is 4.70. The van der Waals surface area contributed by atoms with Crippen molar-refractivity contribution in [3.05, 3.63) is 133 Å². The lowest BCUT2D eigenvalue weighted by Gasteiger charge is -2.15. The maximum Gasteiger partial charge on any atom is 0.164 e. The van der Waals surface area contributed by atoms with E-state index in [4.69, 9.17) is 9.97 Å². The van der Waals surface area contributed by atoms with E-state index < -0.39 is 0 Å². The molecule has 0 N–H and O–H groups in total. The first-order valence-corrected chi connectivity index (χ1v) is 12.8. The summed E-state index contributed by atoms with van der Waals surface area (Å²) in [4.78, 5) is 10.4. The lowest BCUT2D eigenvalue weighted by molar-refractivity contribution is 1.11. The number of hydrogen-bond acceptors (Lipinski definition) is 2. The van der Waals surface area contributed by atoms with Crippen LogP contribution in [0.3, 0.4) is 0 Å². The van der Waals surface area contributed by atoms with Crippen molar-refractivity contribution >= 4 is 44.3 Å². The monoisotopic (exact) mass is 487 g/mol. The first-order valence-electron chi connectivity index (χ1n) is 12.8. The number of aromatic nitrogens is 3. The summed E-state index contributed by atoms with van der Waals surface area (Å²) >= 11 is 0. The van der Waals surface area contributed by atoms with Crippen molar-refractivity contribution in [3.63, 3.8) is 0 Å². The molecule has 0 aliphatic heterocycles. The van der Waals surface area contributed by atoms with Crippen molar-refractivity contribution in [2.24, 2.45) is 0 Å². The minimum atomic E-state index is 0.850. The van der Waals surface area contributed by atoms with Crippen molar-refractivity contribution < 1.29 is 0 Å². The fourth-order valence-corrected chi connectivity index (χ4v) is 5.53. The minimum absolute atomic E-state index is 0.850. The van der Waals surface area contributed by atoms with Gasteiger partial charge in [0.15, 0.2) is 5.65 Å². The van der Waals surface area contributed by atoms with E-state index in [1.165, 1.54) is 27.3 Å². The van der Waals surface area contributed by atoms with Crippen LogP contribution in [0.25, 0.3) is 66.7 Å². The maximum absolute atomic E-state index is 5.20. The highest BCUT2D eigenvalue weighted by Crippen LogP contribution is 2.42. The predicted octanol–water partition coefficient (Wildman–Crippen LogP) is 9.03. The SMILES string of the molecule is C=C/C=C\c1nc2c3ccc4ccccc4c3c3c(-c4ccccc4)cc(-c4ccccc4)n3c2nc1C. The summed E-state index contributed by atoms with van der Waals surface area (Å²) in [5.74, 6) is 0. The van der Waals surface area contributed by atoms with Gasteiger partial charge in [-0.3, -0.25) is 4.40 Å². The van der Waals surface area contributed by atoms with Crippen LogP contribution in [0, 0.1) is 6.92 Å². The second-order valence-electron chi connectivity index (χ2n) is 9.53. The standard InChI is InChI=1S/C35H25N3/c1-3-4-19-30-23(2)36-35-33(37-30)28-21-20-25-15-11-12-18-27(25)32(28)34-29(24-13-7-5-8-14-24)22-31(38(34)35)26-16-9-6-10-17-26/h3-22H,1H2,2H3/b19-4-. The van der Waals surface area contributed by atoms with Gasteiger partial charge in [0.05, 0.1) is 22.6 Å². The van der Waals surface area contributed by atoms with Gasteiger partial charge in [0.1, 0.15) is 5.52 Å². The summed E-state index contributed by atoms with van der Waals surface area (Å²) in [6.45, 7) is 5.85. The van der Waals surface area contributed by atoms with Crippen LogP contribution in [0.5, 0.6) is 0 Å². The molecule has 7 rings (SSSR count). The number of allylic oxidation sites excluding steroid dienone is 2. The average molecular weight is 488 g/mol. The molecule has 7 aromatic rings. The van der Waals surface area contributed by atoms with Crippen molar-refractivity contribution in [2.45, 2.75) is 6.92 Å². The van der Waals surface area contributed by atoms with Gasteiger partial charge in [-0.1, -0.05) is 116 Å². The zero-order valence-electron chi connectivity index (χ0n) is 21.1. The Bertz CT molecular complexity index is 2030. The third-order valence-electron chi connectivity index (χ3n) is 7.27. The minimum Gasteiger partial charge on any atom is -0.291 e. The predicted molar refractivity (Wildman–Crippen MR) is 160 cm³/mol. The number of fused-ring (bicyclic) bond motifs is 8.